The second kappa shape index (κ2) is 12.2. The van der Waals surface area contributed by atoms with Crippen LogP contribution in [0, 0.1) is 0 Å². The molecular weight excluding hydrogens is 552 g/mol. The number of carbonyl (C=O) groups excluding carboxylic acids is 1. The van der Waals surface area contributed by atoms with Gasteiger partial charge in [-0.25, -0.2) is 8.42 Å². The average molecular weight is 583 g/mol. The van der Waals surface area contributed by atoms with Crippen molar-refractivity contribution in [2.75, 3.05) is 43.1 Å². The number of nitrogens with one attached hydrogen (secondary N) is 1. The first-order valence-corrected chi connectivity index (χ1v) is 14.9. The molecule has 40 heavy (non-hydrogen) atoms. The van der Waals surface area contributed by atoms with Crippen molar-refractivity contribution in [2.45, 2.75) is 18.8 Å². The average Bonchev–Trinajstić information content (AvgIpc) is 3.19. The maximum atomic E-state index is 13.2. The van der Waals surface area contributed by atoms with Crippen LogP contribution in [-0.4, -0.2) is 69.5 Å². The first kappa shape index (κ1) is 29.3. The number of anilines is 2. The molecule has 11 heteroatoms. The van der Waals surface area contributed by atoms with Crippen molar-refractivity contribution < 1.29 is 23.1 Å². The number of carboxylic acid groups (broad SMARTS) is 1. The minimum atomic E-state index is -3.50. The van der Waals surface area contributed by atoms with Gasteiger partial charge >= 0.3 is 5.97 Å². The summed E-state index contributed by atoms with van der Waals surface area (Å²) in [5.41, 5.74) is 3.94. The molecule has 3 aromatic carbocycles. The van der Waals surface area contributed by atoms with Crippen molar-refractivity contribution in [1.29, 1.82) is 0 Å². The van der Waals surface area contributed by atoms with Gasteiger partial charge in [0.1, 0.15) is 5.92 Å². The van der Waals surface area contributed by atoms with Crippen LogP contribution in [0.3, 0.4) is 0 Å². The number of hydrogen-bond acceptors (Lipinski definition) is 6. The minimum Gasteiger partial charge on any atom is -0.481 e. The molecule has 1 heterocycles. The van der Waals surface area contributed by atoms with E-state index in [0.29, 0.717) is 57.5 Å². The zero-order valence-electron chi connectivity index (χ0n) is 22.5. The molecule has 0 spiro atoms. The molecule has 210 valence electrons. The predicted molar refractivity (Wildman–Crippen MR) is 159 cm³/mol. The van der Waals surface area contributed by atoms with Gasteiger partial charge in [-0.2, -0.15) is 0 Å². The molecule has 0 radical (unpaired) electrons. The Kier molecular flexibility index (Phi) is 8.92. The SMILES string of the molecule is CN(C)CCCN(c1ccc(N=C(c2cccc(CC(=O)O)c2)C2C(=O)Nc3cc(Cl)ccc32)cc1)S(C)(=O)=O. The third kappa shape index (κ3) is 7.07. The number of aliphatic imine (C=N–C) groups is 1. The summed E-state index contributed by atoms with van der Waals surface area (Å²) in [5, 5.41) is 12.6. The van der Waals surface area contributed by atoms with Gasteiger partial charge in [0.25, 0.3) is 0 Å². The summed E-state index contributed by atoms with van der Waals surface area (Å²) in [7, 11) is 0.370. The Bertz CT molecular complexity index is 1550. The summed E-state index contributed by atoms with van der Waals surface area (Å²) < 4.78 is 26.4. The van der Waals surface area contributed by atoms with Crippen molar-refractivity contribution in [2.24, 2.45) is 4.99 Å². The Morgan fingerprint density at radius 3 is 2.42 bits per heavy atom. The van der Waals surface area contributed by atoms with Gasteiger partial charge in [0.15, 0.2) is 0 Å². The molecule has 0 bridgehead atoms. The summed E-state index contributed by atoms with van der Waals surface area (Å²) in [6, 6.07) is 18.9. The molecule has 1 atom stereocenters. The van der Waals surface area contributed by atoms with Crippen LogP contribution in [0.1, 0.15) is 29.0 Å². The van der Waals surface area contributed by atoms with Crippen molar-refractivity contribution in [3.63, 3.8) is 0 Å². The molecule has 9 nitrogen and oxygen atoms in total. The van der Waals surface area contributed by atoms with Crippen LogP contribution in [0.25, 0.3) is 0 Å². The molecule has 3 aromatic rings. The zero-order valence-corrected chi connectivity index (χ0v) is 24.0. The van der Waals surface area contributed by atoms with Gasteiger partial charge in [-0.05, 0) is 86.2 Å². The van der Waals surface area contributed by atoms with Crippen molar-refractivity contribution in [3.8, 4) is 0 Å². The Balaban J connectivity index is 1.76. The van der Waals surface area contributed by atoms with E-state index in [0.717, 1.165) is 6.54 Å². The van der Waals surface area contributed by atoms with Gasteiger partial charge < -0.3 is 15.3 Å². The van der Waals surface area contributed by atoms with E-state index >= 15 is 0 Å². The molecule has 1 unspecified atom stereocenters. The van der Waals surface area contributed by atoms with E-state index in [4.69, 9.17) is 16.6 Å². The Hall–Kier alpha value is -3.73. The smallest absolute Gasteiger partial charge is 0.307 e. The van der Waals surface area contributed by atoms with Crippen LogP contribution in [0.15, 0.2) is 71.7 Å². The lowest BCUT2D eigenvalue weighted by atomic mass is 9.89. The monoisotopic (exact) mass is 582 g/mol. The Morgan fingerprint density at radius 2 is 1.77 bits per heavy atom. The van der Waals surface area contributed by atoms with E-state index < -0.39 is 21.9 Å². The topological polar surface area (TPSA) is 119 Å². The molecule has 0 saturated carbocycles. The number of amides is 1. The van der Waals surface area contributed by atoms with Crippen molar-refractivity contribution in [1.82, 2.24) is 4.90 Å². The quantitative estimate of drug-likeness (QED) is 0.320. The molecule has 0 aliphatic carbocycles. The number of nitrogens with zero attached hydrogens (tertiary/aromatic N) is 3. The van der Waals surface area contributed by atoms with Crippen LogP contribution >= 0.6 is 11.6 Å². The van der Waals surface area contributed by atoms with Crippen LogP contribution in [0.4, 0.5) is 17.1 Å². The van der Waals surface area contributed by atoms with Gasteiger partial charge in [0.2, 0.25) is 15.9 Å². The maximum Gasteiger partial charge on any atom is 0.307 e. The third-order valence-electron chi connectivity index (χ3n) is 6.45. The highest BCUT2D eigenvalue weighted by molar-refractivity contribution is 7.92. The summed E-state index contributed by atoms with van der Waals surface area (Å²) in [4.78, 5) is 31.4. The Labute approximate surface area is 239 Å². The zero-order chi connectivity index (χ0) is 29.0. The molecule has 0 aromatic heterocycles. The molecule has 1 aliphatic heterocycles. The van der Waals surface area contributed by atoms with Gasteiger partial charge in [0, 0.05) is 17.3 Å². The lowest BCUT2D eigenvalue weighted by molar-refractivity contribution is -0.136. The van der Waals surface area contributed by atoms with E-state index in [9.17, 15) is 23.1 Å². The van der Waals surface area contributed by atoms with Crippen LogP contribution < -0.4 is 9.62 Å². The number of sulfonamides is 1. The Morgan fingerprint density at radius 1 is 1.05 bits per heavy atom. The highest BCUT2D eigenvalue weighted by atomic mass is 35.5. The molecular formula is C29H31ClN4O5S. The molecule has 2 N–H and O–H groups in total. The third-order valence-corrected chi connectivity index (χ3v) is 7.88. The molecule has 0 saturated heterocycles. The van der Waals surface area contributed by atoms with Crippen molar-refractivity contribution in [3.05, 3.63) is 88.4 Å². The number of carbonyl (C=O) groups is 2. The molecule has 4 rings (SSSR count). The fourth-order valence-corrected chi connectivity index (χ4v) is 5.80. The first-order valence-electron chi connectivity index (χ1n) is 12.6. The number of rotatable bonds is 11. The lowest BCUT2D eigenvalue weighted by Gasteiger charge is -2.23. The van der Waals surface area contributed by atoms with Crippen molar-refractivity contribution >= 4 is 56.3 Å². The van der Waals surface area contributed by atoms with E-state index in [1.54, 1.807) is 66.7 Å². The second-order valence-corrected chi connectivity index (χ2v) is 12.3. The molecule has 1 amide bonds. The number of fused-ring (bicyclic) bond motifs is 1. The van der Waals surface area contributed by atoms with E-state index in [2.05, 4.69) is 5.32 Å². The second-order valence-electron chi connectivity index (χ2n) is 9.93. The summed E-state index contributed by atoms with van der Waals surface area (Å²) >= 11 is 6.15. The largest absolute Gasteiger partial charge is 0.481 e. The van der Waals surface area contributed by atoms with Gasteiger partial charge in [0.05, 0.1) is 29.8 Å². The standard InChI is InChI=1S/C29H31ClN4O5S/c1-33(2)14-5-15-34(40(3,38)39)23-11-9-22(10-12-23)31-28(20-7-4-6-19(16-20)17-26(35)36)27-24-13-8-21(30)18-25(24)32-29(27)37/h4,6-13,16,18,27H,5,14-15,17H2,1-3H3,(H,32,37)(H,35,36). The number of halogens is 1. The lowest BCUT2D eigenvalue weighted by Crippen LogP contribution is -2.32. The van der Waals surface area contributed by atoms with E-state index in [1.807, 2.05) is 19.0 Å². The van der Waals surface area contributed by atoms with Crippen LogP contribution in [0.2, 0.25) is 5.02 Å². The van der Waals surface area contributed by atoms with Gasteiger partial charge in [-0.1, -0.05) is 35.9 Å². The number of hydrogen-bond donors (Lipinski definition) is 2. The summed E-state index contributed by atoms with van der Waals surface area (Å²) in [5.74, 6) is -2.00. The highest BCUT2D eigenvalue weighted by Gasteiger charge is 2.35. The number of aliphatic carboxylic acids is 1. The highest BCUT2D eigenvalue weighted by Crippen LogP contribution is 2.38. The van der Waals surface area contributed by atoms with Gasteiger partial charge in [-0.3, -0.25) is 18.9 Å². The maximum absolute atomic E-state index is 13.2. The van der Waals surface area contributed by atoms with E-state index in [-0.39, 0.29) is 12.3 Å². The number of carboxylic acids is 1. The van der Waals surface area contributed by atoms with Crippen LogP contribution in [-0.2, 0) is 26.0 Å². The number of benzene rings is 3. The van der Waals surface area contributed by atoms with E-state index in [1.165, 1.54) is 10.6 Å². The molecule has 1 aliphatic rings. The fourth-order valence-electron chi connectivity index (χ4n) is 4.67. The minimum absolute atomic E-state index is 0.173. The summed E-state index contributed by atoms with van der Waals surface area (Å²) in [6.45, 7) is 1.08. The van der Waals surface area contributed by atoms with Gasteiger partial charge in [-0.15, -0.1) is 0 Å². The normalized spacial score (nSPS) is 15.2. The predicted octanol–water partition coefficient (Wildman–Crippen LogP) is 4.54. The molecule has 0 fully saturated rings. The fraction of sp³-hybridized carbons (Fsp3) is 0.276. The first-order chi connectivity index (χ1) is 18.9. The van der Waals surface area contributed by atoms with Crippen LogP contribution in [0.5, 0.6) is 0 Å². The summed E-state index contributed by atoms with van der Waals surface area (Å²) in [6.07, 6.45) is 1.67.